The predicted molar refractivity (Wildman–Crippen MR) is 75.9 cm³/mol. The molecule has 1 aromatic carbocycles. The van der Waals surface area contributed by atoms with Gasteiger partial charge in [-0.25, -0.2) is 0 Å². The minimum absolute atomic E-state index is 0.108. The fourth-order valence-corrected chi connectivity index (χ4v) is 3.38. The Balaban J connectivity index is 2.21. The molecule has 96 valence electrons. The van der Waals surface area contributed by atoms with Gasteiger partial charge in [0.15, 0.2) is 10.8 Å². The maximum atomic E-state index is 6.31. The molecule has 1 aromatic rings. The quantitative estimate of drug-likeness (QED) is 0.740. The van der Waals surface area contributed by atoms with Gasteiger partial charge in [-0.15, -0.1) is 0 Å². The van der Waals surface area contributed by atoms with Crippen molar-refractivity contribution in [2.45, 2.75) is 25.6 Å². The molecule has 0 amide bonds. The molecule has 2 aliphatic heterocycles. The lowest BCUT2D eigenvalue weighted by molar-refractivity contribution is -0.0997. The number of rotatable bonds is 0. The van der Waals surface area contributed by atoms with Crippen molar-refractivity contribution in [2.24, 2.45) is 5.92 Å². The molecular formula is C13H15ClN2OS. The summed E-state index contributed by atoms with van der Waals surface area (Å²) in [7, 11) is 1.96. The Kier molecular flexibility index (Phi) is 2.51. The van der Waals surface area contributed by atoms with Gasteiger partial charge in [-0.3, -0.25) is 0 Å². The highest BCUT2D eigenvalue weighted by molar-refractivity contribution is 7.80. The molecule has 0 aromatic heterocycles. The van der Waals surface area contributed by atoms with E-state index in [1.54, 1.807) is 0 Å². The molecule has 3 unspecified atom stereocenters. The average Bonchev–Trinajstić information content (AvgIpc) is 2.32. The highest BCUT2D eigenvalue weighted by atomic mass is 35.5. The number of halogens is 1. The van der Waals surface area contributed by atoms with Crippen LogP contribution in [0.5, 0.6) is 5.75 Å². The second kappa shape index (κ2) is 3.75. The monoisotopic (exact) mass is 282 g/mol. The minimum Gasteiger partial charge on any atom is -0.467 e. The smallest absolute Gasteiger partial charge is 0.186 e. The predicted octanol–water partition coefficient (Wildman–Crippen LogP) is 2.95. The standard InChI is InChI=1S/C13H15ClN2OS/c1-7-11-10-8(14)5-4-6-9(10)17-13(7,2)16(3)12(18)15-11/h4-7,11H,1-3H3,(H,15,18). The van der Waals surface area contributed by atoms with Crippen LogP contribution in [0.2, 0.25) is 5.02 Å². The van der Waals surface area contributed by atoms with E-state index in [1.165, 1.54) is 0 Å². The fourth-order valence-electron chi connectivity index (χ4n) is 2.79. The molecule has 3 rings (SSSR count). The van der Waals surface area contributed by atoms with Gasteiger partial charge < -0.3 is 15.0 Å². The van der Waals surface area contributed by atoms with Crippen molar-refractivity contribution in [3.63, 3.8) is 0 Å². The molecule has 0 radical (unpaired) electrons. The van der Waals surface area contributed by atoms with E-state index in [0.717, 1.165) is 16.3 Å². The lowest BCUT2D eigenvalue weighted by atomic mass is 9.81. The van der Waals surface area contributed by atoms with Crippen molar-refractivity contribution in [1.29, 1.82) is 0 Å². The van der Waals surface area contributed by atoms with Crippen LogP contribution in [0.1, 0.15) is 25.5 Å². The van der Waals surface area contributed by atoms with Crippen LogP contribution in [0.15, 0.2) is 18.2 Å². The number of hydrogen-bond donors (Lipinski definition) is 1. The average molecular weight is 283 g/mol. The summed E-state index contributed by atoms with van der Waals surface area (Å²) in [5.41, 5.74) is 0.588. The highest BCUT2D eigenvalue weighted by Crippen LogP contribution is 2.49. The van der Waals surface area contributed by atoms with E-state index >= 15 is 0 Å². The molecule has 0 saturated carbocycles. The van der Waals surface area contributed by atoms with E-state index < -0.39 is 5.72 Å². The van der Waals surface area contributed by atoms with Gasteiger partial charge in [-0.05, 0) is 31.3 Å². The summed E-state index contributed by atoms with van der Waals surface area (Å²) >= 11 is 11.7. The Morgan fingerprint density at radius 2 is 2.22 bits per heavy atom. The molecule has 1 N–H and O–H groups in total. The van der Waals surface area contributed by atoms with Crippen LogP contribution in [0.3, 0.4) is 0 Å². The van der Waals surface area contributed by atoms with E-state index in [9.17, 15) is 0 Å². The molecule has 2 aliphatic rings. The van der Waals surface area contributed by atoms with Crippen molar-refractivity contribution in [1.82, 2.24) is 10.2 Å². The molecule has 2 heterocycles. The van der Waals surface area contributed by atoms with Gasteiger partial charge in [0, 0.05) is 23.6 Å². The third-order valence-electron chi connectivity index (χ3n) is 4.23. The number of nitrogens with one attached hydrogen (secondary N) is 1. The maximum Gasteiger partial charge on any atom is 0.186 e. The Hall–Kier alpha value is -1.00. The summed E-state index contributed by atoms with van der Waals surface area (Å²) in [5, 5.41) is 4.79. The maximum absolute atomic E-state index is 6.31. The summed E-state index contributed by atoms with van der Waals surface area (Å²) in [6, 6.07) is 5.87. The summed E-state index contributed by atoms with van der Waals surface area (Å²) in [6.45, 7) is 4.23. The van der Waals surface area contributed by atoms with Gasteiger partial charge in [-0.1, -0.05) is 24.6 Å². The molecule has 1 saturated heterocycles. The first-order chi connectivity index (χ1) is 8.45. The molecule has 3 nitrogen and oxygen atoms in total. The summed E-state index contributed by atoms with van der Waals surface area (Å²) < 4.78 is 6.18. The normalized spacial score (nSPS) is 33.6. The van der Waals surface area contributed by atoms with Crippen LogP contribution in [0, 0.1) is 5.92 Å². The van der Waals surface area contributed by atoms with Gasteiger partial charge >= 0.3 is 0 Å². The van der Waals surface area contributed by atoms with E-state index in [4.69, 9.17) is 28.6 Å². The van der Waals surface area contributed by atoms with Crippen LogP contribution in [-0.4, -0.2) is 22.8 Å². The van der Waals surface area contributed by atoms with Gasteiger partial charge in [0.05, 0.1) is 6.04 Å². The van der Waals surface area contributed by atoms with Crippen molar-refractivity contribution >= 4 is 28.9 Å². The molecule has 3 atom stereocenters. The van der Waals surface area contributed by atoms with E-state index in [-0.39, 0.29) is 12.0 Å². The fraction of sp³-hybridized carbons (Fsp3) is 0.462. The molecule has 1 fully saturated rings. The lowest BCUT2D eigenvalue weighted by Gasteiger charge is -2.55. The second-order valence-electron chi connectivity index (χ2n) is 5.08. The molecule has 0 aliphatic carbocycles. The van der Waals surface area contributed by atoms with Gasteiger partial charge in [0.2, 0.25) is 0 Å². The third-order valence-corrected chi connectivity index (χ3v) is 4.96. The number of benzene rings is 1. The van der Waals surface area contributed by atoms with Crippen LogP contribution in [0.25, 0.3) is 0 Å². The van der Waals surface area contributed by atoms with Crippen LogP contribution in [-0.2, 0) is 0 Å². The van der Waals surface area contributed by atoms with Gasteiger partial charge in [0.1, 0.15) is 5.75 Å². The first-order valence-corrected chi connectivity index (χ1v) is 6.75. The third kappa shape index (κ3) is 1.39. The Bertz CT molecular complexity index is 536. The van der Waals surface area contributed by atoms with Crippen LogP contribution < -0.4 is 10.1 Å². The highest BCUT2D eigenvalue weighted by Gasteiger charge is 2.52. The largest absolute Gasteiger partial charge is 0.467 e. The summed E-state index contributed by atoms with van der Waals surface area (Å²) in [6.07, 6.45) is 0. The zero-order chi connectivity index (χ0) is 13.1. The second-order valence-corrected chi connectivity index (χ2v) is 5.88. The molecule has 18 heavy (non-hydrogen) atoms. The van der Waals surface area contributed by atoms with E-state index in [1.807, 2.05) is 30.1 Å². The van der Waals surface area contributed by atoms with Crippen molar-refractivity contribution in [2.75, 3.05) is 7.05 Å². The first kappa shape index (κ1) is 12.1. The van der Waals surface area contributed by atoms with Gasteiger partial charge in [0.25, 0.3) is 0 Å². The van der Waals surface area contributed by atoms with E-state index in [0.29, 0.717) is 5.11 Å². The van der Waals surface area contributed by atoms with E-state index in [2.05, 4.69) is 19.2 Å². The first-order valence-electron chi connectivity index (χ1n) is 5.97. The molecule has 2 bridgehead atoms. The number of nitrogens with zero attached hydrogens (tertiary/aromatic N) is 1. The molecule has 5 heteroatoms. The van der Waals surface area contributed by atoms with Crippen molar-refractivity contribution < 1.29 is 4.74 Å². The van der Waals surface area contributed by atoms with Crippen molar-refractivity contribution in [3.05, 3.63) is 28.8 Å². The topological polar surface area (TPSA) is 24.5 Å². The SMILES string of the molecule is CC1C2NC(=S)N(C)C1(C)Oc1cccc(Cl)c12. The molecular weight excluding hydrogens is 268 g/mol. The zero-order valence-corrected chi connectivity index (χ0v) is 12.1. The number of fused-ring (bicyclic) bond motifs is 4. The Morgan fingerprint density at radius 3 is 2.94 bits per heavy atom. The summed E-state index contributed by atoms with van der Waals surface area (Å²) in [5.74, 6) is 1.09. The molecule has 0 spiro atoms. The number of hydrogen-bond acceptors (Lipinski definition) is 2. The van der Waals surface area contributed by atoms with Gasteiger partial charge in [-0.2, -0.15) is 0 Å². The zero-order valence-electron chi connectivity index (χ0n) is 10.5. The number of thiocarbonyl (C=S) groups is 1. The summed E-state index contributed by atoms with van der Waals surface area (Å²) in [4.78, 5) is 1.98. The Labute approximate surface area is 117 Å². The lowest BCUT2D eigenvalue weighted by Crippen LogP contribution is -2.67. The van der Waals surface area contributed by atoms with Crippen LogP contribution >= 0.6 is 23.8 Å². The minimum atomic E-state index is -0.426. The Morgan fingerprint density at radius 1 is 1.50 bits per heavy atom. The van der Waals surface area contributed by atoms with Crippen molar-refractivity contribution in [3.8, 4) is 5.75 Å². The van der Waals surface area contributed by atoms with Crippen LogP contribution in [0.4, 0.5) is 0 Å². The number of ether oxygens (including phenoxy) is 1.